The first kappa shape index (κ1) is 16.9. The minimum Gasteiger partial charge on any atom is -0.396 e. The summed E-state index contributed by atoms with van der Waals surface area (Å²) in [5, 5.41) is 12.5. The normalized spacial score (nSPS) is 15.7. The first-order valence-electron chi connectivity index (χ1n) is 8.65. The summed E-state index contributed by atoms with van der Waals surface area (Å²) >= 11 is 0. The molecule has 0 atom stereocenters. The summed E-state index contributed by atoms with van der Waals surface area (Å²) < 4.78 is 13.6. The molecule has 2 N–H and O–H groups in total. The molecular formula is C20H25FN2O. The van der Waals surface area contributed by atoms with Crippen LogP contribution >= 0.6 is 0 Å². The number of piperidine rings is 1. The van der Waals surface area contributed by atoms with Crippen LogP contribution in [-0.4, -0.2) is 24.8 Å². The molecule has 0 unspecified atom stereocenters. The van der Waals surface area contributed by atoms with Crippen LogP contribution in [0.1, 0.15) is 24.0 Å². The molecule has 3 rings (SSSR count). The Hall–Kier alpha value is -1.91. The molecule has 24 heavy (non-hydrogen) atoms. The van der Waals surface area contributed by atoms with E-state index in [0.717, 1.165) is 32.5 Å². The fourth-order valence-corrected chi connectivity index (χ4v) is 3.18. The number of hydrogen-bond acceptors (Lipinski definition) is 3. The van der Waals surface area contributed by atoms with E-state index in [4.69, 9.17) is 0 Å². The maximum atomic E-state index is 13.6. The standard InChI is InChI=1S/C20H25FN2O/c21-20-4-2-1-3-18(20)14-22-13-16-5-7-19(8-6-16)23-11-9-17(15-24)10-12-23/h1-8,17,22,24H,9-15H2. The lowest BCUT2D eigenvalue weighted by Crippen LogP contribution is -2.34. The summed E-state index contributed by atoms with van der Waals surface area (Å²) in [5.74, 6) is 0.301. The molecular weight excluding hydrogens is 303 g/mol. The van der Waals surface area contributed by atoms with Gasteiger partial charge in [-0.2, -0.15) is 0 Å². The van der Waals surface area contributed by atoms with Crippen LogP contribution in [0.4, 0.5) is 10.1 Å². The molecule has 1 aliphatic rings. The van der Waals surface area contributed by atoms with Crippen molar-refractivity contribution in [1.82, 2.24) is 5.32 Å². The molecule has 0 aromatic heterocycles. The van der Waals surface area contributed by atoms with Gasteiger partial charge >= 0.3 is 0 Å². The topological polar surface area (TPSA) is 35.5 Å². The van der Waals surface area contributed by atoms with E-state index in [1.807, 2.05) is 6.07 Å². The molecule has 1 aliphatic heterocycles. The van der Waals surface area contributed by atoms with Crippen LogP contribution in [0.25, 0.3) is 0 Å². The highest BCUT2D eigenvalue weighted by Gasteiger charge is 2.18. The fraction of sp³-hybridized carbons (Fsp3) is 0.400. The highest BCUT2D eigenvalue weighted by atomic mass is 19.1. The molecule has 0 saturated carbocycles. The van der Waals surface area contributed by atoms with E-state index in [0.29, 0.717) is 24.6 Å². The first-order valence-corrected chi connectivity index (χ1v) is 8.65. The van der Waals surface area contributed by atoms with Crippen molar-refractivity contribution in [3.8, 4) is 0 Å². The second-order valence-electron chi connectivity index (χ2n) is 6.47. The maximum Gasteiger partial charge on any atom is 0.127 e. The number of benzene rings is 2. The zero-order chi connectivity index (χ0) is 16.8. The van der Waals surface area contributed by atoms with Gasteiger partial charge in [0.15, 0.2) is 0 Å². The summed E-state index contributed by atoms with van der Waals surface area (Å²) in [7, 11) is 0. The zero-order valence-electron chi connectivity index (χ0n) is 13.9. The van der Waals surface area contributed by atoms with Crippen LogP contribution in [0, 0.1) is 11.7 Å². The van der Waals surface area contributed by atoms with Crippen molar-refractivity contribution in [3.05, 3.63) is 65.5 Å². The maximum absolute atomic E-state index is 13.6. The number of halogens is 1. The molecule has 0 aliphatic carbocycles. The second-order valence-corrected chi connectivity index (χ2v) is 6.47. The van der Waals surface area contributed by atoms with Crippen molar-refractivity contribution in [1.29, 1.82) is 0 Å². The van der Waals surface area contributed by atoms with Gasteiger partial charge in [-0.25, -0.2) is 4.39 Å². The van der Waals surface area contributed by atoms with Gasteiger partial charge in [0, 0.05) is 44.0 Å². The van der Waals surface area contributed by atoms with Gasteiger partial charge < -0.3 is 15.3 Å². The van der Waals surface area contributed by atoms with Crippen molar-refractivity contribution >= 4 is 5.69 Å². The quantitative estimate of drug-likeness (QED) is 0.854. The average molecular weight is 328 g/mol. The first-order chi connectivity index (χ1) is 11.8. The Labute approximate surface area is 143 Å². The Balaban J connectivity index is 1.49. The molecule has 1 fully saturated rings. The van der Waals surface area contributed by atoms with Crippen molar-refractivity contribution in [2.45, 2.75) is 25.9 Å². The van der Waals surface area contributed by atoms with Gasteiger partial charge in [-0.3, -0.25) is 0 Å². The minimum atomic E-state index is -0.161. The predicted molar refractivity (Wildman–Crippen MR) is 95.4 cm³/mol. The number of aliphatic hydroxyl groups is 1. The lowest BCUT2D eigenvalue weighted by atomic mass is 9.97. The summed E-state index contributed by atoms with van der Waals surface area (Å²) in [4.78, 5) is 2.38. The molecule has 1 heterocycles. The van der Waals surface area contributed by atoms with Crippen LogP contribution in [0.15, 0.2) is 48.5 Å². The van der Waals surface area contributed by atoms with Gasteiger partial charge in [-0.1, -0.05) is 30.3 Å². The molecule has 0 radical (unpaired) electrons. The van der Waals surface area contributed by atoms with Crippen molar-refractivity contribution < 1.29 is 9.50 Å². The molecule has 2 aromatic rings. The molecule has 0 bridgehead atoms. The smallest absolute Gasteiger partial charge is 0.127 e. The van der Waals surface area contributed by atoms with Crippen molar-refractivity contribution in [2.24, 2.45) is 5.92 Å². The van der Waals surface area contributed by atoms with E-state index < -0.39 is 0 Å². The third kappa shape index (κ3) is 4.34. The summed E-state index contributed by atoms with van der Waals surface area (Å²) in [6.45, 7) is 3.58. The fourth-order valence-electron chi connectivity index (χ4n) is 3.18. The Morgan fingerprint density at radius 1 is 1.00 bits per heavy atom. The van der Waals surface area contributed by atoms with Crippen molar-refractivity contribution in [3.63, 3.8) is 0 Å². The largest absolute Gasteiger partial charge is 0.396 e. The number of rotatable bonds is 6. The Bertz CT molecular complexity index is 636. The lowest BCUT2D eigenvalue weighted by molar-refractivity contribution is 0.203. The van der Waals surface area contributed by atoms with Gasteiger partial charge in [-0.15, -0.1) is 0 Å². The monoisotopic (exact) mass is 328 g/mol. The van der Waals surface area contributed by atoms with Crippen LogP contribution in [0.5, 0.6) is 0 Å². The average Bonchev–Trinajstić information content (AvgIpc) is 2.64. The second kappa shape index (κ2) is 8.27. The predicted octanol–water partition coefficient (Wildman–Crippen LogP) is 3.32. The van der Waals surface area contributed by atoms with Gasteiger partial charge in [-0.05, 0) is 42.5 Å². The third-order valence-corrected chi connectivity index (χ3v) is 4.78. The van der Waals surface area contributed by atoms with E-state index >= 15 is 0 Å². The van der Waals surface area contributed by atoms with E-state index in [2.05, 4.69) is 34.5 Å². The third-order valence-electron chi connectivity index (χ3n) is 4.78. The Morgan fingerprint density at radius 3 is 2.38 bits per heavy atom. The van der Waals surface area contributed by atoms with Crippen LogP contribution < -0.4 is 10.2 Å². The number of hydrogen-bond donors (Lipinski definition) is 2. The number of nitrogens with zero attached hydrogens (tertiary/aromatic N) is 1. The summed E-state index contributed by atoms with van der Waals surface area (Å²) in [6, 6.07) is 15.4. The highest BCUT2D eigenvalue weighted by Crippen LogP contribution is 2.23. The van der Waals surface area contributed by atoms with E-state index in [1.54, 1.807) is 12.1 Å². The Kier molecular flexibility index (Phi) is 5.83. The molecule has 128 valence electrons. The molecule has 0 amide bonds. The molecule has 1 saturated heterocycles. The van der Waals surface area contributed by atoms with Gasteiger partial charge in [0.1, 0.15) is 5.82 Å². The minimum absolute atomic E-state index is 0.161. The molecule has 0 spiro atoms. The molecule has 3 nitrogen and oxygen atoms in total. The van der Waals surface area contributed by atoms with Gasteiger partial charge in [0.05, 0.1) is 0 Å². The van der Waals surface area contributed by atoms with Crippen molar-refractivity contribution in [2.75, 3.05) is 24.6 Å². The number of aliphatic hydroxyl groups excluding tert-OH is 1. The summed E-state index contributed by atoms with van der Waals surface area (Å²) in [5.41, 5.74) is 3.13. The highest BCUT2D eigenvalue weighted by molar-refractivity contribution is 5.48. The number of anilines is 1. The van der Waals surface area contributed by atoms with Crippen LogP contribution in [-0.2, 0) is 13.1 Å². The number of nitrogens with one attached hydrogen (secondary N) is 1. The zero-order valence-corrected chi connectivity index (χ0v) is 13.9. The van der Waals surface area contributed by atoms with Gasteiger partial charge in [0.2, 0.25) is 0 Å². The molecule has 4 heteroatoms. The Morgan fingerprint density at radius 2 is 1.71 bits per heavy atom. The van der Waals surface area contributed by atoms with E-state index in [1.165, 1.54) is 17.3 Å². The van der Waals surface area contributed by atoms with Crippen LogP contribution in [0.3, 0.4) is 0 Å². The lowest BCUT2D eigenvalue weighted by Gasteiger charge is -2.33. The molecule has 2 aromatic carbocycles. The van der Waals surface area contributed by atoms with E-state index in [-0.39, 0.29) is 5.82 Å². The summed E-state index contributed by atoms with van der Waals surface area (Å²) in [6.07, 6.45) is 2.12. The van der Waals surface area contributed by atoms with E-state index in [9.17, 15) is 9.50 Å². The van der Waals surface area contributed by atoms with Crippen LogP contribution in [0.2, 0.25) is 0 Å². The SMILES string of the molecule is OCC1CCN(c2ccc(CNCc3ccccc3F)cc2)CC1. The van der Waals surface area contributed by atoms with Gasteiger partial charge in [0.25, 0.3) is 0 Å².